The van der Waals surface area contributed by atoms with Crippen LogP contribution in [0.1, 0.15) is 25.2 Å². The number of rotatable bonds is 4. The summed E-state index contributed by atoms with van der Waals surface area (Å²) in [5.41, 5.74) is 2.37. The molecule has 0 fully saturated rings. The first kappa shape index (κ1) is 11.8. The van der Waals surface area contributed by atoms with Gasteiger partial charge in [0.1, 0.15) is 0 Å². The molecule has 3 heteroatoms. The van der Waals surface area contributed by atoms with Crippen LogP contribution in [-0.2, 0) is 6.54 Å². The fraction of sp³-hybridized carbons (Fsp3) is 0.727. The molecule has 2 nitrogen and oxygen atoms in total. The Balaban J connectivity index is 2.71. The van der Waals surface area contributed by atoms with Gasteiger partial charge in [-0.1, -0.05) is 29.8 Å². The second-order valence-corrected chi connectivity index (χ2v) is 4.92. The molecule has 0 bridgehead atoms. The van der Waals surface area contributed by atoms with E-state index in [4.69, 9.17) is 0 Å². The smallest absolute Gasteiger partial charge is 0.0596 e. The second kappa shape index (κ2) is 4.96. The van der Waals surface area contributed by atoms with Crippen molar-refractivity contribution in [2.45, 2.75) is 34.2 Å². The Morgan fingerprint density at radius 1 is 1.43 bits per heavy atom. The van der Waals surface area contributed by atoms with Gasteiger partial charge < -0.3 is 0 Å². The van der Waals surface area contributed by atoms with Gasteiger partial charge in [-0.2, -0.15) is 5.10 Å². The third-order valence-corrected chi connectivity index (χ3v) is 3.48. The van der Waals surface area contributed by atoms with Crippen molar-refractivity contribution in [3.05, 3.63) is 17.5 Å². The minimum Gasteiger partial charge on any atom is -0.269 e. The topological polar surface area (TPSA) is 17.8 Å². The molecule has 0 aliphatic rings. The van der Waals surface area contributed by atoms with E-state index in [9.17, 15) is 0 Å². The Morgan fingerprint density at radius 3 is 2.43 bits per heavy atom. The van der Waals surface area contributed by atoms with E-state index >= 15 is 0 Å². The number of halogens is 1. The maximum Gasteiger partial charge on any atom is 0.0596 e. The fourth-order valence-corrected chi connectivity index (χ4v) is 2.47. The van der Waals surface area contributed by atoms with Crippen LogP contribution < -0.4 is 0 Å². The van der Waals surface area contributed by atoms with E-state index in [-0.39, 0.29) is 0 Å². The Labute approximate surface area is 94.8 Å². The second-order valence-electron chi connectivity index (χ2n) is 4.27. The van der Waals surface area contributed by atoms with E-state index in [1.807, 2.05) is 6.92 Å². The molecule has 1 aromatic heterocycles. The van der Waals surface area contributed by atoms with Gasteiger partial charge >= 0.3 is 0 Å². The molecule has 0 saturated carbocycles. The maximum absolute atomic E-state index is 4.48. The number of hydrogen-bond donors (Lipinski definition) is 0. The highest BCUT2D eigenvalue weighted by molar-refractivity contribution is 9.09. The molecule has 0 aromatic carbocycles. The molecule has 80 valence electrons. The zero-order valence-corrected chi connectivity index (χ0v) is 11.0. The van der Waals surface area contributed by atoms with Crippen molar-refractivity contribution in [2.24, 2.45) is 11.8 Å². The van der Waals surface area contributed by atoms with Crippen molar-refractivity contribution >= 4 is 15.9 Å². The minimum absolute atomic E-state index is 0.660. The number of nitrogens with zero attached hydrogens (tertiary/aromatic N) is 2. The Bertz CT molecular complexity index is 291. The molecule has 1 unspecified atom stereocenters. The van der Waals surface area contributed by atoms with Crippen LogP contribution in [0.5, 0.6) is 0 Å². The van der Waals surface area contributed by atoms with E-state index in [0.29, 0.717) is 11.8 Å². The van der Waals surface area contributed by atoms with Crippen LogP contribution in [0.15, 0.2) is 6.07 Å². The first-order valence-electron chi connectivity index (χ1n) is 5.11. The molecule has 0 aliphatic heterocycles. The summed E-state index contributed by atoms with van der Waals surface area (Å²) < 4.78 is 2.11. The number of hydrogen-bond acceptors (Lipinski definition) is 1. The van der Waals surface area contributed by atoms with Crippen molar-refractivity contribution in [3.63, 3.8) is 0 Å². The van der Waals surface area contributed by atoms with Gasteiger partial charge in [-0.05, 0) is 31.7 Å². The molecule has 1 heterocycles. The standard InChI is InChI=1S/C11H19BrN2/c1-8(2)11(6-12)7-14-10(4)5-9(3)13-14/h5,8,11H,6-7H2,1-4H3. The lowest BCUT2D eigenvalue weighted by Gasteiger charge is -2.18. The van der Waals surface area contributed by atoms with Crippen molar-refractivity contribution < 1.29 is 0 Å². The van der Waals surface area contributed by atoms with Crippen molar-refractivity contribution in [1.29, 1.82) is 0 Å². The molecule has 0 saturated heterocycles. The van der Waals surface area contributed by atoms with Crippen LogP contribution >= 0.6 is 15.9 Å². The van der Waals surface area contributed by atoms with Gasteiger partial charge in [0.25, 0.3) is 0 Å². The normalized spacial score (nSPS) is 13.6. The lowest BCUT2D eigenvalue weighted by atomic mass is 9.98. The number of alkyl halides is 1. The van der Waals surface area contributed by atoms with Crippen LogP contribution in [-0.4, -0.2) is 15.1 Å². The lowest BCUT2D eigenvalue weighted by molar-refractivity contribution is 0.353. The summed E-state index contributed by atoms with van der Waals surface area (Å²) in [7, 11) is 0. The predicted octanol–water partition coefficient (Wildman–Crippen LogP) is 3.17. The van der Waals surface area contributed by atoms with Crippen LogP contribution in [0.4, 0.5) is 0 Å². The number of aromatic nitrogens is 2. The average molecular weight is 259 g/mol. The monoisotopic (exact) mass is 258 g/mol. The maximum atomic E-state index is 4.48. The molecule has 14 heavy (non-hydrogen) atoms. The molecule has 0 N–H and O–H groups in total. The zero-order chi connectivity index (χ0) is 10.7. The lowest BCUT2D eigenvalue weighted by Crippen LogP contribution is -2.19. The van der Waals surface area contributed by atoms with Crippen LogP contribution in [0.2, 0.25) is 0 Å². The summed E-state index contributed by atoms with van der Waals surface area (Å²) in [6, 6.07) is 2.13. The number of aryl methyl sites for hydroxylation is 2. The Hall–Kier alpha value is -0.310. The van der Waals surface area contributed by atoms with Gasteiger partial charge in [-0.25, -0.2) is 0 Å². The zero-order valence-electron chi connectivity index (χ0n) is 9.42. The third-order valence-electron chi connectivity index (χ3n) is 2.65. The molecule has 1 aromatic rings. The highest BCUT2D eigenvalue weighted by Crippen LogP contribution is 2.17. The Morgan fingerprint density at radius 2 is 2.07 bits per heavy atom. The van der Waals surface area contributed by atoms with Crippen LogP contribution in [0.25, 0.3) is 0 Å². The molecular formula is C11H19BrN2. The van der Waals surface area contributed by atoms with Crippen molar-refractivity contribution in [1.82, 2.24) is 9.78 Å². The SMILES string of the molecule is Cc1cc(C)n(CC(CBr)C(C)C)n1. The van der Waals surface area contributed by atoms with Crippen molar-refractivity contribution in [2.75, 3.05) is 5.33 Å². The first-order valence-corrected chi connectivity index (χ1v) is 6.23. The van der Waals surface area contributed by atoms with E-state index in [1.165, 1.54) is 5.69 Å². The molecule has 0 amide bonds. The summed E-state index contributed by atoms with van der Waals surface area (Å²) in [6.07, 6.45) is 0. The van der Waals surface area contributed by atoms with Crippen LogP contribution in [0, 0.1) is 25.7 Å². The average Bonchev–Trinajstić information content (AvgIpc) is 2.40. The fourth-order valence-electron chi connectivity index (χ4n) is 1.52. The largest absolute Gasteiger partial charge is 0.269 e. The summed E-state index contributed by atoms with van der Waals surface area (Å²) in [6.45, 7) is 9.70. The van der Waals surface area contributed by atoms with Gasteiger partial charge in [-0.3, -0.25) is 4.68 Å². The first-order chi connectivity index (χ1) is 6.54. The molecule has 1 atom stereocenters. The van der Waals surface area contributed by atoms with E-state index in [1.54, 1.807) is 0 Å². The summed E-state index contributed by atoms with van der Waals surface area (Å²) in [5, 5.41) is 5.52. The predicted molar refractivity (Wildman–Crippen MR) is 63.8 cm³/mol. The van der Waals surface area contributed by atoms with Crippen LogP contribution in [0.3, 0.4) is 0 Å². The molecular weight excluding hydrogens is 240 g/mol. The summed E-state index contributed by atoms with van der Waals surface area (Å²) >= 11 is 3.56. The van der Waals surface area contributed by atoms with Gasteiger partial charge in [0.05, 0.1) is 5.69 Å². The van der Waals surface area contributed by atoms with Gasteiger partial charge in [0, 0.05) is 17.6 Å². The van der Waals surface area contributed by atoms with Crippen molar-refractivity contribution in [3.8, 4) is 0 Å². The third kappa shape index (κ3) is 2.84. The minimum atomic E-state index is 0.660. The Kier molecular flexibility index (Phi) is 4.17. The molecule has 0 spiro atoms. The van der Waals surface area contributed by atoms with E-state index < -0.39 is 0 Å². The summed E-state index contributed by atoms with van der Waals surface area (Å²) in [4.78, 5) is 0. The van der Waals surface area contributed by atoms with Gasteiger partial charge in [0.15, 0.2) is 0 Å². The molecule has 0 radical (unpaired) electrons. The highest BCUT2D eigenvalue weighted by atomic mass is 79.9. The summed E-state index contributed by atoms with van der Waals surface area (Å²) in [5.74, 6) is 1.35. The van der Waals surface area contributed by atoms with E-state index in [0.717, 1.165) is 17.6 Å². The quantitative estimate of drug-likeness (QED) is 0.759. The molecule has 1 rings (SSSR count). The van der Waals surface area contributed by atoms with Gasteiger partial charge in [0.2, 0.25) is 0 Å². The van der Waals surface area contributed by atoms with E-state index in [2.05, 4.69) is 52.5 Å². The van der Waals surface area contributed by atoms with Gasteiger partial charge in [-0.15, -0.1) is 0 Å². The molecule has 0 aliphatic carbocycles. The highest BCUT2D eigenvalue weighted by Gasteiger charge is 2.14.